The molecule has 0 spiro atoms. The Balaban J connectivity index is 2.57. The molecule has 4 N–H and O–H groups in total. The van der Waals surface area contributed by atoms with Crippen molar-refractivity contribution in [3.05, 3.63) is 46.4 Å². The van der Waals surface area contributed by atoms with E-state index in [1.165, 1.54) is 4.40 Å². The molecule has 18 heavy (non-hydrogen) atoms. The Hall–Kier alpha value is -2.56. The number of nitrogens with two attached hydrogens (primary N) is 2. The first-order chi connectivity index (χ1) is 8.56. The second kappa shape index (κ2) is 3.46. The van der Waals surface area contributed by atoms with Crippen molar-refractivity contribution in [3.63, 3.8) is 0 Å². The summed E-state index contributed by atoms with van der Waals surface area (Å²) in [7, 11) is 0. The molecule has 3 aromatic rings. The van der Waals surface area contributed by atoms with Crippen LogP contribution in [0.5, 0.6) is 0 Å². The third kappa shape index (κ3) is 1.41. The van der Waals surface area contributed by atoms with Crippen LogP contribution in [0.2, 0.25) is 0 Å². The highest BCUT2D eigenvalue weighted by Gasteiger charge is 2.07. The summed E-state index contributed by atoms with van der Waals surface area (Å²) >= 11 is 0. The molecule has 0 fully saturated rings. The van der Waals surface area contributed by atoms with Crippen molar-refractivity contribution in [2.24, 2.45) is 0 Å². The third-order valence-electron chi connectivity index (χ3n) is 2.96. The predicted octanol–water partition coefficient (Wildman–Crippen LogP) is 1.32. The molecule has 2 aromatic heterocycles. The zero-order valence-electron chi connectivity index (χ0n) is 9.84. The number of nitrogen functional groups attached to an aromatic ring is 2. The smallest absolute Gasteiger partial charge is 0.265 e. The Morgan fingerprint density at radius 2 is 1.89 bits per heavy atom. The summed E-state index contributed by atoms with van der Waals surface area (Å²) in [6, 6.07) is 6.93. The summed E-state index contributed by atoms with van der Waals surface area (Å²) in [6.07, 6.45) is 1.76. The first kappa shape index (κ1) is 10.6. The van der Waals surface area contributed by atoms with Gasteiger partial charge >= 0.3 is 0 Å². The van der Waals surface area contributed by atoms with Gasteiger partial charge in [0.25, 0.3) is 5.56 Å². The molecule has 0 saturated carbocycles. The Morgan fingerprint density at radius 1 is 1.17 bits per heavy atom. The minimum atomic E-state index is -0.134. The molecule has 0 radical (unpaired) electrons. The van der Waals surface area contributed by atoms with Gasteiger partial charge in [0, 0.05) is 6.20 Å². The number of aryl methyl sites for hydroxylation is 1. The van der Waals surface area contributed by atoms with Gasteiger partial charge in [-0.15, -0.1) is 0 Å². The topological polar surface area (TPSA) is 86.4 Å². The van der Waals surface area contributed by atoms with Gasteiger partial charge < -0.3 is 11.5 Å². The molecule has 0 aliphatic rings. The molecule has 1 aromatic carbocycles. The monoisotopic (exact) mass is 240 g/mol. The normalized spacial score (nSPS) is 11.2. The van der Waals surface area contributed by atoms with Crippen LogP contribution in [0.25, 0.3) is 16.6 Å². The van der Waals surface area contributed by atoms with Crippen LogP contribution in [0.1, 0.15) is 5.56 Å². The number of aromatic nitrogens is 2. The number of hydrogen-bond donors (Lipinski definition) is 2. The number of fused-ring (bicyclic) bond motifs is 2. The van der Waals surface area contributed by atoms with Crippen LogP contribution in [-0.4, -0.2) is 9.38 Å². The van der Waals surface area contributed by atoms with Crippen LogP contribution < -0.4 is 17.0 Å². The van der Waals surface area contributed by atoms with Crippen molar-refractivity contribution < 1.29 is 0 Å². The third-order valence-corrected chi connectivity index (χ3v) is 2.96. The molecule has 0 aliphatic carbocycles. The maximum absolute atomic E-state index is 12.3. The molecule has 3 rings (SSSR count). The second-order valence-corrected chi connectivity index (χ2v) is 4.35. The fraction of sp³-hybridized carbons (Fsp3) is 0.0769. The van der Waals surface area contributed by atoms with Gasteiger partial charge in [-0.3, -0.25) is 9.20 Å². The molecule has 5 heteroatoms. The standard InChI is InChI=1S/C13H12N4O/c1-7-2-3-12-16-11-5-10(15)9(14)4-8(11)13(18)17(12)6-7/h2-6H,14-15H2,1H3. The molecule has 0 amide bonds. The highest BCUT2D eigenvalue weighted by Crippen LogP contribution is 2.20. The van der Waals surface area contributed by atoms with E-state index < -0.39 is 0 Å². The molecular formula is C13H12N4O. The van der Waals surface area contributed by atoms with E-state index in [-0.39, 0.29) is 5.56 Å². The Kier molecular flexibility index (Phi) is 2.04. The minimum absolute atomic E-state index is 0.134. The lowest BCUT2D eigenvalue weighted by Crippen LogP contribution is -2.15. The average Bonchev–Trinajstić information content (AvgIpc) is 2.33. The highest BCUT2D eigenvalue weighted by molar-refractivity contribution is 5.88. The van der Waals surface area contributed by atoms with Crippen LogP contribution in [0.4, 0.5) is 11.4 Å². The molecule has 0 saturated heterocycles. The lowest BCUT2D eigenvalue weighted by atomic mass is 10.2. The van der Waals surface area contributed by atoms with Gasteiger partial charge in [0.15, 0.2) is 0 Å². The van der Waals surface area contributed by atoms with Gasteiger partial charge in [-0.2, -0.15) is 0 Å². The zero-order chi connectivity index (χ0) is 12.9. The van der Waals surface area contributed by atoms with E-state index in [2.05, 4.69) is 4.98 Å². The van der Waals surface area contributed by atoms with Gasteiger partial charge in [-0.25, -0.2) is 4.98 Å². The van der Waals surface area contributed by atoms with Gasteiger partial charge in [0.1, 0.15) is 5.65 Å². The van der Waals surface area contributed by atoms with E-state index in [9.17, 15) is 4.79 Å². The van der Waals surface area contributed by atoms with Gasteiger partial charge in [0.05, 0.1) is 22.3 Å². The Bertz CT molecular complexity index is 836. The first-order valence-corrected chi connectivity index (χ1v) is 5.54. The minimum Gasteiger partial charge on any atom is -0.397 e. The van der Waals surface area contributed by atoms with E-state index in [1.807, 2.05) is 19.1 Å². The van der Waals surface area contributed by atoms with E-state index in [4.69, 9.17) is 11.5 Å². The highest BCUT2D eigenvalue weighted by atomic mass is 16.1. The lowest BCUT2D eigenvalue weighted by Gasteiger charge is -2.06. The molecule has 90 valence electrons. The predicted molar refractivity (Wildman–Crippen MR) is 72.5 cm³/mol. The number of nitrogens with zero attached hydrogens (tertiary/aromatic N) is 2. The van der Waals surface area contributed by atoms with E-state index in [1.54, 1.807) is 18.3 Å². The van der Waals surface area contributed by atoms with Crippen molar-refractivity contribution >= 4 is 27.9 Å². The van der Waals surface area contributed by atoms with Gasteiger partial charge in [-0.1, -0.05) is 6.07 Å². The first-order valence-electron chi connectivity index (χ1n) is 5.54. The fourth-order valence-electron chi connectivity index (χ4n) is 1.99. The zero-order valence-corrected chi connectivity index (χ0v) is 9.84. The fourth-order valence-corrected chi connectivity index (χ4v) is 1.99. The molecular weight excluding hydrogens is 228 g/mol. The van der Waals surface area contributed by atoms with Gasteiger partial charge in [0.2, 0.25) is 0 Å². The summed E-state index contributed by atoms with van der Waals surface area (Å²) < 4.78 is 1.52. The second-order valence-electron chi connectivity index (χ2n) is 4.35. The summed E-state index contributed by atoms with van der Waals surface area (Å²) in [6.45, 7) is 1.92. The Morgan fingerprint density at radius 3 is 2.67 bits per heavy atom. The maximum atomic E-state index is 12.3. The molecule has 0 bridgehead atoms. The van der Waals surface area contributed by atoms with Crippen LogP contribution in [0, 0.1) is 6.92 Å². The van der Waals surface area contributed by atoms with Gasteiger partial charge in [-0.05, 0) is 30.7 Å². The molecule has 0 aliphatic heterocycles. The molecule has 5 nitrogen and oxygen atoms in total. The largest absolute Gasteiger partial charge is 0.397 e. The number of pyridine rings is 1. The summed E-state index contributed by atoms with van der Waals surface area (Å²) in [5.41, 5.74) is 14.3. The Labute approximate surface area is 103 Å². The quantitative estimate of drug-likeness (QED) is 0.458. The van der Waals surface area contributed by atoms with Crippen molar-refractivity contribution in [2.75, 3.05) is 11.5 Å². The van der Waals surface area contributed by atoms with E-state index in [0.29, 0.717) is 27.9 Å². The number of rotatable bonds is 0. The van der Waals surface area contributed by atoms with E-state index in [0.717, 1.165) is 5.56 Å². The lowest BCUT2D eigenvalue weighted by molar-refractivity contribution is 1.06. The van der Waals surface area contributed by atoms with Crippen LogP contribution >= 0.6 is 0 Å². The summed E-state index contributed by atoms with van der Waals surface area (Å²) in [5.74, 6) is 0. The van der Waals surface area contributed by atoms with Crippen molar-refractivity contribution in [2.45, 2.75) is 6.92 Å². The van der Waals surface area contributed by atoms with E-state index >= 15 is 0 Å². The van der Waals surface area contributed by atoms with Crippen LogP contribution in [0.15, 0.2) is 35.3 Å². The van der Waals surface area contributed by atoms with Crippen molar-refractivity contribution in [3.8, 4) is 0 Å². The molecule has 2 heterocycles. The molecule has 0 atom stereocenters. The maximum Gasteiger partial charge on any atom is 0.265 e. The van der Waals surface area contributed by atoms with Crippen LogP contribution in [0.3, 0.4) is 0 Å². The SMILES string of the molecule is Cc1ccc2nc3cc(N)c(N)cc3c(=O)n2c1. The van der Waals surface area contributed by atoms with Crippen LogP contribution in [-0.2, 0) is 0 Å². The van der Waals surface area contributed by atoms with Crippen molar-refractivity contribution in [1.82, 2.24) is 9.38 Å². The van der Waals surface area contributed by atoms with Crippen molar-refractivity contribution in [1.29, 1.82) is 0 Å². The number of hydrogen-bond acceptors (Lipinski definition) is 4. The summed E-state index contributed by atoms with van der Waals surface area (Å²) in [5, 5.41) is 0.477. The number of benzene rings is 1. The number of anilines is 2. The average molecular weight is 240 g/mol. The summed E-state index contributed by atoms with van der Waals surface area (Å²) in [4.78, 5) is 16.7. The molecule has 0 unspecified atom stereocenters.